The third-order valence-electron chi connectivity index (χ3n) is 5.88. The molecule has 3 aromatic heterocycles. The molecule has 2 N–H and O–H groups in total. The van der Waals surface area contributed by atoms with Gasteiger partial charge < -0.3 is 15.2 Å². The zero-order valence-electron chi connectivity index (χ0n) is 23.0. The molecule has 0 fully saturated rings. The summed E-state index contributed by atoms with van der Waals surface area (Å²) in [5.74, 6) is -1.37. The fourth-order valence-corrected chi connectivity index (χ4v) is 4.67. The van der Waals surface area contributed by atoms with E-state index in [4.69, 9.17) is 4.74 Å². The summed E-state index contributed by atoms with van der Waals surface area (Å²) >= 11 is 0. The van der Waals surface area contributed by atoms with E-state index >= 15 is 0 Å². The number of carbonyl (C=O) groups excluding carboxylic acids is 1. The number of sulfone groups is 1. The Hall–Kier alpha value is -3.52. The lowest BCUT2D eigenvalue weighted by Crippen LogP contribution is -2.27. The first kappa shape index (κ1) is 31.0. The van der Waals surface area contributed by atoms with Crippen molar-refractivity contribution in [2.75, 3.05) is 5.75 Å². The molecule has 0 spiro atoms. The molecule has 0 aliphatic heterocycles. The average Bonchev–Trinajstić information content (AvgIpc) is 3.18. The highest BCUT2D eigenvalue weighted by molar-refractivity contribution is 7.91. The molecule has 1 amide bonds. The number of aliphatic hydroxyl groups is 1. The highest BCUT2D eigenvalue weighted by Gasteiger charge is 2.39. The first-order chi connectivity index (χ1) is 18.5. The predicted molar refractivity (Wildman–Crippen MR) is 140 cm³/mol. The quantitative estimate of drug-likeness (QED) is 0.383. The molecule has 1 unspecified atom stereocenters. The molecule has 0 saturated heterocycles. The van der Waals surface area contributed by atoms with Crippen molar-refractivity contribution < 1.29 is 36.2 Å². The number of alkyl halides is 3. The standard InChI is InChI=1S/C26H32F3N5O5S/c1-7-40(37,38)19-9-8-18(31-13-19)12-32-23(36)22-16(3)24(34(33-22)25(4,5)6)39-20-14-30-11-17(10-15(2)35)21(20)26(27,28)29/h8-9,11,13-15,35H,7,10,12H2,1-6H3,(H,32,36). The maximum atomic E-state index is 14.1. The number of amides is 1. The molecule has 1 atom stereocenters. The van der Waals surface area contributed by atoms with Gasteiger partial charge >= 0.3 is 6.18 Å². The fourth-order valence-electron chi connectivity index (χ4n) is 3.85. The number of aliphatic hydroxyl groups excluding tert-OH is 1. The van der Waals surface area contributed by atoms with Crippen molar-refractivity contribution >= 4 is 15.7 Å². The highest BCUT2D eigenvalue weighted by Crippen LogP contribution is 2.42. The molecule has 10 nitrogen and oxygen atoms in total. The molecule has 0 saturated carbocycles. The second-order valence-corrected chi connectivity index (χ2v) is 12.5. The molecule has 0 aliphatic carbocycles. The van der Waals surface area contributed by atoms with Crippen molar-refractivity contribution in [1.82, 2.24) is 25.1 Å². The minimum Gasteiger partial charge on any atom is -0.437 e. The van der Waals surface area contributed by atoms with Crippen LogP contribution in [0.3, 0.4) is 0 Å². The van der Waals surface area contributed by atoms with E-state index in [1.807, 2.05) is 0 Å². The number of hydrogen-bond donors (Lipinski definition) is 2. The molecule has 0 bridgehead atoms. The first-order valence-electron chi connectivity index (χ1n) is 12.4. The summed E-state index contributed by atoms with van der Waals surface area (Å²) in [6.45, 7) is 9.58. The number of nitrogens with zero attached hydrogens (tertiary/aromatic N) is 4. The van der Waals surface area contributed by atoms with E-state index < -0.39 is 44.9 Å². The lowest BCUT2D eigenvalue weighted by atomic mass is 10.0. The maximum absolute atomic E-state index is 14.1. The first-order valence-corrected chi connectivity index (χ1v) is 14.1. The van der Waals surface area contributed by atoms with Crippen molar-refractivity contribution in [2.45, 2.75) is 77.2 Å². The molecule has 3 heterocycles. The fraction of sp³-hybridized carbons (Fsp3) is 0.462. The summed E-state index contributed by atoms with van der Waals surface area (Å²) in [6.07, 6.45) is -2.96. The number of nitrogens with one attached hydrogen (secondary N) is 1. The minimum atomic E-state index is -4.80. The molecule has 40 heavy (non-hydrogen) atoms. The van der Waals surface area contributed by atoms with E-state index in [2.05, 4.69) is 20.4 Å². The van der Waals surface area contributed by atoms with E-state index in [1.165, 1.54) is 43.8 Å². The monoisotopic (exact) mass is 583 g/mol. The molecule has 0 radical (unpaired) electrons. The Labute approximate surface area is 230 Å². The van der Waals surface area contributed by atoms with Crippen molar-refractivity contribution in [2.24, 2.45) is 0 Å². The maximum Gasteiger partial charge on any atom is 0.420 e. The van der Waals surface area contributed by atoms with E-state index in [0.717, 1.165) is 12.4 Å². The minimum absolute atomic E-state index is 0.0488. The van der Waals surface area contributed by atoms with Gasteiger partial charge in [-0.1, -0.05) is 6.92 Å². The average molecular weight is 584 g/mol. The van der Waals surface area contributed by atoms with Gasteiger partial charge in [0.1, 0.15) is 5.56 Å². The molecule has 218 valence electrons. The summed E-state index contributed by atoms with van der Waals surface area (Å²) in [5.41, 5.74) is -1.58. The Morgan fingerprint density at radius 3 is 2.38 bits per heavy atom. The zero-order valence-corrected chi connectivity index (χ0v) is 23.8. The van der Waals surface area contributed by atoms with Crippen LogP contribution in [0.5, 0.6) is 11.6 Å². The van der Waals surface area contributed by atoms with Crippen LogP contribution in [0.25, 0.3) is 0 Å². The van der Waals surface area contributed by atoms with Crippen LogP contribution < -0.4 is 10.1 Å². The number of ether oxygens (including phenoxy) is 1. The van der Waals surface area contributed by atoms with E-state index in [9.17, 15) is 31.5 Å². The largest absolute Gasteiger partial charge is 0.437 e. The Morgan fingerprint density at radius 1 is 1.18 bits per heavy atom. The van der Waals surface area contributed by atoms with Crippen LogP contribution in [-0.2, 0) is 34.5 Å². The summed E-state index contributed by atoms with van der Waals surface area (Å²) in [6, 6.07) is 2.88. The van der Waals surface area contributed by atoms with Crippen LogP contribution >= 0.6 is 0 Å². The molecule has 3 rings (SSSR count). The van der Waals surface area contributed by atoms with Gasteiger partial charge in [-0.15, -0.1) is 0 Å². The number of carbonyl (C=O) groups is 1. The normalized spacial score (nSPS) is 13.2. The lowest BCUT2D eigenvalue weighted by Gasteiger charge is -2.23. The van der Waals surface area contributed by atoms with Gasteiger partial charge in [0.15, 0.2) is 21.3 Å². The smallest absolute Gasteiger partial charge is 0.420 e. The second-order valence-electron chi connectivity index (χ2n) is 10.3. The highest BCUT2D eigenvalue weighted by atomic mass is 32.2. The van der Waals surface area contributed by atoms with Crippen molar-refractivity contribution in [3.8, 4) is 11.6 Å². The second kappa shape index (κ2) is 11.5. The van der Waals surface area contributed by atoms with Crippen LogP contribution in [0.4, 0.5) is 13.2 Å². The third kappa shape index (κ3) is 6.97. The summed E-state index contributed by atoms with van der Waals surface area (Å²) in [4.78, 5) is 21.1. The summed E-state index contributed by atoms with van der Waals surface area (Å²) < 4.78 is 73.3. The molecule has 0 aliphatic rings. The number of hydrogen-bond acceptors (Lipinski definition) is 8. The van der Waals surface area contributed by atoms with Crippen LogP contribution in [0.15, 0.2) is 35.6 Å². The van der Waals surface area contributed by atoms with Gasteiger partial charge in [0, 0.05) is 24.4 Å². The third-order valence-corrected chi connectivity index (χ3v) is 7.60. The van der Waals surface area contributed by atoms with Crippen LogP contribution in [-0.4, -0.2) is 51.0 Å². The van der Waals surface area contributed by atoms with Gasteiger partial charge in [-0.05, 0) is 52.3 Å². The summed E-state index contributed by atoms with van der Waals surface area (Å²) in [5, 5.41) is 16.7. The SMILES string of the molecule is CCS(=O)(=O)c1ccc(CNC(=O)c2nn(C(C)(C)C)c(Oc3cncc(CC(C)O)c3C(F)(F)F)c2C)nc1. The Balaban J connectivity index is 1.95. The number of aromatic nitrogens is 4. The van der Waals surface area contributed by atoms with Gasteiger partial charge in [0.25, 0.3) is 5.91 Å². The van der Waals surface area contributed by atoms with Gasteiger partial charge in [-0.25, -0.2) is 13.1 Å². The summed E-state index contributed by atoms with van der Waals surface area (Å²) in [7, 11) is -3.42. The van der Waals surface area contributed by atoms with Crippen LogP contribution in [0.1, 0.15) is 67.5 Å². The Kier molecular flexibility index (Phi) is 8.94. The molecular weight excluding hydrogens is 551 g/mol. The van der Waals surface area contributed by atoms with Crippen LogP contribution in [0.2, 0.25) is 0 Å². The number of halogens is 3. The van der Waals surface area contributed by atoms with Crippen molar-refractivity contribution in [3.63, 3.8) is 0 Å². The van der Waals surface area contributed by atoms with Crippen molar-refractivity contribution in [3.05, 3.63) is 58.8 Å². The Morgan fingerprint density at radius 2 is 1.85 bits per heavy atom. The Bertz CT molecular complexity index is 1480. The predicted octanol–water partition coefficient (Wildman–Crippen LogP) is 4.19. The van der Waals surface area contributed by atoms with E-state index in [0.29, 0.717) is 5.69 Å². The molecular formula is C26H32F3N5O5S. The van der Waals surface area contributed by atoms with Gasteiger partial charge in [-0.2, -0.15) is 18.3 Å². The van der Waals surface area contributed by atoms with Crippen LogP contribution in [0, 0.1) is 6.92 Å². The van der Waals surface area contributed by atoms with Gasteiger partial charge in [0.2, 0.25) is 5.88 Å². The van der Waals surface area contributed by atoms with E-state index in [1.54, 1.807) is 20.8 Å². The number of pyridine rings is 2. The zero-order chi connectivity index (χ0) is 30.0. The molecule has 0 aromatic carbocycles. The lowest BCUT2D eigenvalue weighted by molar-refractivity contribution is -0.139. The van der Waals surface area contributed by atoms with Gasteiger partial charge in [0.05, 0.1) is 40.7 Å². The topological polar surface area (TPSA) is 136 Å². The van der Waals surface area contributed by atoms with Crippen molar-refractivity contribution in [1.29, 1.82) is 0 Å². The molecule has 14 heteroatoms. The van der Waals surface area contributed by atoms with E-state index in [-0.39, 0.29) is 46.3 Å². The van der Waals surface area contributed by atoms with Gasteiger partial charge in [-0.3, -0.25) is 14.8 Å². The number of rotatable bonds is 9. The molecule has 3 aromatic rings.